The molecule has 1 fully saturated rings. The number of methoxy groups -OCH3 is 1. The second-order valence-electron chi connectivity index (χ2n) is 10.6. The van der Waals surface area contributed by atoms with Crippen molar-refractivity contribution in [3.63, 3.8) is 0 Å². The van der Waals surface area contributed by atoms with Gasteiger partial charge in [-0.25, -0.2) is 13.8 Å². The molecular formula is C32H33F2N5O3S. The Morgan fingerprint density at radius 1 is 1.09 bits per heavy atom. The van der Waals surface area contributed by atoms with Gasteiger partial charge in [0.15, 0.2) is 0 Å². The van der Waals surface area contributed by atoms with Crippen molar-refractivity contribution in [3.05, 3.63) is 80.5 Å². The van der Waals surface area contributed by atoms with E-state index in [9.17, 15) is 18.4 Å². The van der Waals surface area contributed by atoms with E-state index >= 15 is 0 Å². The van der Waals surface area contributed by atoms with Crippen molar-refractivity contribution in [3.8, 4) is 33.4 Å². The van der Waals surface area contributed by atoms with Crippen molar-refractivity contribution in [2.24, 2.45) is 0 Å². The molecule has 0 atom stereocenters. The first kappa shape index (κ1) is 30.2. The Bertz CT molecular complexity index is 1720. The van der Waals surface area contributed by atoms with Gasteiger partial charge in [0.2, 0.25) is 0 Å². The number of likely N-dealkylation sites (tertiary alicyclic amines) is 1. The summed E-state index contributed by atoms with van der Waals surface area (Å²) in [6.07, 6.45) is 5.41. The lowest BCUT2D eigenvalue weighted by Gasteiger charge is -2.28. The van der Waals surface area contributed by atoms with E-state index in [1.807, 2.05) is 31.7 Å². The number of nitrogens with zero attached hydrogens (tertiary/aromatic N) is 5. The molecule has 0 aromatic carbocycles. The molecule has 5 heterocycles. The van der Waals surface area contributed by atoms with Gasteiger partial charge in [-0.1, -0.05) is 12.5 Å². The van der Waals surface area contributed by atoms with Crippen LogP contribution < -0.4 is 10.3 Å². The fourth-order valence-corrected chi connectivity index (χ4v) is 5.94. The summed E-state index contributed by atoms with van der Waals surface area (Å²) in [5, 5.41) is 2.11. The number of halogens is 2. The summed E-state index contributed by atoms with van der Waals surface area (Å²) in [7, 11) is 1.53. The number of aromatic nitrogens is 4. The molecule has 0 unspecified atom stereocenters. The van der Waals surface area contributed by atoms with E-state index in [0.717, 1.165) is 31.0 Å². The van der Waals surface area contributed by atoms with Crippen LogP contribution in [0.3, 0.4) is 0 Å². The average molecular weight is 606 g/mol. The molecule has 1 saturated heterocycles. The van der Waals surface area contributed by atoms with Gasteiger partial charge in [-0.3, -0.25) is 24.1 Å². The monoisotopic (exact) mass is 605 g/mol. The summed E-state index contributed by atoms with van der Waals surface area (Å²) < 4.78 is 33.1. The minimum absolute atomic E-state index is 0.155. The van der Waals surface area contributed by atoms with Crippen LogP contribution in [0.1, 0.15) is 73.8 Å². The molecule has 0 radical (unpaired) electrons. The van der Waals surface area contributed by atoms with Gasteiger partial charge in [-0.15, -0.1) is 11.3 Å². The molecule has 5 rings (SSSR count). The van der Waals surface area contributed by atoms with Crippen molar-refractivity contribution < 1.29 is 18.3 Å². The predicted molar refractivity (Wildman–Crippen MR) is 164 cm³/mol. The summed E-state index contributed by atoms with van der Waals surface area (Å²) in [6, 6.07) is 6.19. The number of allylic oxidation sites excluding steroid dienone is 1. The first-order chi connectivity index (χ1) is 20.7. The highest BCUT2D eigenvalue weighted by Crippen LogP contribution is 2.31. The fourth-order valence-electron chi connectivity index (χ4n) is 5.12. The molecule has 11 heteroatoms. The number of alkyl halides is 2. The van der Waals surface area contributed by atoms with Crippen molar-refractivity contribution in [2.75, 3.05) is 20.2 Å². The van der Waals surface area contributed by atoms with Gasteiger partial charge < -0.3 is 9.64 Å². The fraction of sp³-hybridized carbons (Fsp3) is 0.344. The molecule has 1 aliphatic rings. The first-order valence-corrected chi connectivity index (χ1v) is 15.1. The number of hydrogen-bond acceptors (Lipinski definition) is 7. The van der Waals surface area contributed by atoms with E-state index in [2.05, 4.69) is 15.0 Å². The third kappa shape index (κ3) is 6.27. The number of pyridine rings is 3. The van der Waals surface area contributed by atoms with Crippen LogP contribution in [0, 0.1) is 0 Å². The predicted octanol–water partition coefficient (Wildman–Crippen LogP) is 6.98. The minimum Gasteiger partial charge on any atom is -0.495 e. The molecule has 1 aliphatic heterocycles. The molecule has 0 aliphatic carbocycles. The smallest absolute Gasteiger partial charge is 0.265 e. The molecule has 0 N–H and O–H groups in total. The maximum Gasteiger partial charge on any atom is 0.265 e. The number of aryl methyl sites for hydroxylation is 1. The molecule has 0 saturated carbocycles. The molecule has 224 valence electrons. The number of hydrogen-bond donors (Lipinski definition) is 0. The van der Waals surface area contributed by atoms with Gasteiger partial charge in [-0.2, -0.15) is 0 Å². The van der Waals surface area contributed by atoms with Crippen LogP contribution in [0.15, 0.2) is 52.4 Å². The van der Waals surface area contributed by atoms with Crippen LogP contribution >= 0.6 is 11.3 Å². The summed E-state index contributed by atoms with van der Waals surface area (Å²) in [5.41, 5.74) is 3.51. The molecule has 0 spiro atoms. The Morgan fingerprint density at radius 3 is 2.49 bits per heavy atom. The lowest BCUT2D eigenvalue weighted by Crippen LogP contribution is -2.37. The van der Waals surface area contributed by atoms with Crippen LogP contribution in [0.4, 0.5) is 8.78 Å². The zero-order chi connectivity index (χ0) is 30.7. The average Bonchev–Trinajstić information content (AvgIpc) is 3.51. The Kier molecular flexibility index (Phi) is 9.10. The highest BCUT2D eigenvalue weighted by atomic mass is 32.1. The van der Waals surface area contributed by atoms with Crippen LogP contribution in [-0.4, -0.2) is 50.5 Å². The van der Waals surface area contributed by atoms with Gasteiger partial charge in [0.25, 0.3) is 17.9 Å². The molecule has 8 nitrogen and oxygen atoms in total. The molecular weight excluding hydrogens is 572 g/mol. The highest BCUT2D eigenvalue weighted by molar-refractivity contribution is 7.13. The highest BCUT2D eigenvalue weighted by Gasteiger charge is 2.27. The van der Waals surface area contributed by atoms with E-state index in [4.69, 9.17) is 4.74 Å². The zero-order valence-electron chi connectivity index (χ0n) is 24.6. The molecule has 1 amide bonds. The van der Waals surface area contributed by atoms with E-state index in [1.54, 1.807) is 28.3 Å². The summed E-state index contributed by atoms with van der Waals surface area (Å²) in [4.78, 5) is 43.8. The number of rotatable bonds is 8. The van der Waals surface area contributed by atoms with Gasteiger partial charge >= 0.3 is 0 Å². The Hall–Kier alpha value is -4.25. The number of carbonyl (C=O) groups is 1. The van der Waals surface area contributed by atoms with Crippen molar-refractivity contribution in [1.82, 2.24) is 24.4 Å². The number of amides is 1. The van der Waals surface area contributed by atoms with Crippen LogP contribution in [-0.2, 0) is 6.42 Å². The van der Waals surface area contributed by atoms with Gasteiger partial charge in [0, 0.05) is 36.3 Å². The Morgan fingerprint density at radius 2 is 1.86 bits per heavy atom. The van der Waals surface area contributed by atoms with Gasteiger partial charge in [0.1, 0.15) is 16.5 Å². The van der Waals surface area contributed by atoms with Crippen molar-refractivity contribution in [2.45, 2.75) is 52.9 Å². The van der Waals surface area contributed by atoms with Gasteiger partial charge in [0.05, 0.1) is 47.2 Å². The topological polar surface area (TPSA) is 90.2 Å². The van der Waals surface area contributed by atoms with Gasteiger partial charge in [-0.05, 0) is 63.8 Å². The van der Waals surface area contributed by atoms with E-state index in [-0.39, 0.29) is 22.6 Å². The van der Waals surface area contributed by atoms with Crippen molar-refractivity contribution in [1.29, 1.82) is 0 Å². The van der Waals surface area contributed by atoms with E-state index in [1.165, 1.54) is 30.6 Å². The van der Waals surface area contributed by atoms with E-state index in [0.29, 0.717) is 64.3 Å². The Balaban J connectivity index is 1.76. The number of carbonyl (C=O) groups excluding carboxylic acids is 1. The number of ether oxygens (including phenoxy) is 1. The first-order valence-electron chi connectivity index (χ1n) is 14.2. The summed E-state index contributed by atoms with van der Waals surface area (Å²) in [6.45, 7) is 7.07. The number of piperidine rings is 1. The third-order valence-corrected chi connectivity index (χ3v) is 8.18. The molecule has 43 heavy (non-hydrogen) atoms. The Labute approximate surface area is 252 Å². The van der Waals surface area contributed by atoms with Crippen LogP contribution in [0.25, 0.3) is 33.7 Å². The molecule has 4 aromatic heterocycles. The summed E-state index contributed by atoms with van der Waals surface area (Å²) in [5.74, 6) is 0.323. The normalized spacial score (nSPS) is 13.3. The molecule has 0 bridgehead atoms. The lowest BCUT2D eigenvalue weighted by atomic mass is 10.0. The molecule has 4 aromatic rings. The zero-order valence-corrected chi connectivity index (χ0v) is 25.4. The lowest BCUT2D eigenvalue weighted by molar-refractivity contribution is 0.0723. The second-order valence-corrected chi connectivity index (χ2v) is 11.4. The maximum absolute atomic E-state index is 14.5. The SMILES string of the molecule is CCc1ncc(OC)cc1-n1c(C=C(C)C)c(C(=O)N2CCCCC2)cc(-c2nc(-c3ccc(C(F)F)cn3)cs2)c1=O. The van der Waals surface area contributed by atoms with Crippen LogP contribution in [0.2, 0.25) is 0 Å². The van der Waals surface area contributed by atoms with Crippen LogP contribution in [0.5, 0.6) is 5.75 Å². The largest absolute Gasteiger partial charge is 0.495 e. The minimum atomic E-state index is -2.62. The standard InChI is InChI=1S/C32H33F2N5O3S/c1-5-24-28(14-21(42-4)17-36-24)39-27(13-19(2)3)22(31(40)38-11-7-6-8-12-38)15-23(32(39)41)30-37-26(18-43-30)25-10-9-20(16-35-25)29(33)34/h9-10,13-18,29H,5-8,11-12H2,1-4H3. The quantitative estimate of drug-likeness (QED) is 0.215. The third-order valence-electron chi connectivity index (χ3n) is 7.31. The maximum atomic E-state index is 14.5. The second kappa shape index (κ2) is 12.9. The van der Waals surface area contributed by atoms with E-state index < -0.39 is 6.43 Å². The number of thiazole rings is 1. The summed E-state index contributed by atoms with van der Waals surface area (Å²) >= 11 is 1.23. The van der Waals surface area contributed by atoms with Crippen molar-refractivity contribution >= 4 is 23.3 Å².